The van der Waals surface area contributed by atoms with E-state index in [1.807, 2.05) is 6.07 Å². The van der Waals surface area contributed by atoms with Crippen molar-refractivity contribution in [2.45, 2.75) is 69.2 Å². The van der Waals surface area contributed by atoms with Crippen LogP contribution in [0.1, 0.15) is 72.9 Å². The highest BCUT2D eigenvalue weighted by Gasteiger charge is 2.44. The molecule has 2 bridgehead atoms. The lowest BCUT2D eigenvalue weighted by Gasteiger charge is -2.46. The summed E-state index contributed by atoms with van der Waals surface area (Å²) >= 11 is 6.38. The first-order valence-corrected chi connectivity index (χ1v) is 16.6. The van der Waals surface area contributed by atoms with Crippen molar-refractivity contribution in [1.82, 2.24) is 10.2 Å². The molecule has 2 heterocycles. The molecular formula is C30H38ClN3O5S. The summed E-state index contributed by atoms with van der Waals surface area (Å²) in [5.41, 5.74) is 5.99. The average Bonchev–Trinajstić information content (AvgIpc) is 3.06. The Morgan fingerprint density at radius 1 is 1.07 bits per heavy atom. The summed E-state index contributed by atoms with van der Waals surface area (Å²) in [4.78, 5) is 15.5. The Balaban J connectivity index is 1.41. The number of hydrogen-bond donors (Lipinski definition) is 3. The number of ether oxygens (including phenoxy) is 1. The molecule has 4 aliphatic rings. The van der Waals surface area contributed by atoms with Gasteiger partial charge >= 0.3 is 0 Å². The highest BCUT2D eigenvalue weighted by molar-refractivity contribution is 7.90. The van der Waals surface area contributed by atoms with Gasteiger partial charge in [0.15, 0.2) is 0 Å². The van der Waals surface area contributed by atoms with Crippen LogP contribution in [-0.2, 0) is 21.9 Å². The fraction of sp³-hybridized carbons (Fsp3) is 0.567. The number of nitrogens with zero attached hydrogens (tertiary/aromatic N) is 1. The number of anilines is 1. The molecule has 1 amide bonds. The van der Waals surface area contributed by atoms with Gasteiger partial charge in [0.25, 0.3) is 5.91 Å². The molecule has 0 unspecified atom stereocenters. The van der Waals surface area contributed by atoms with Gasteiger partial charge in [-0.1, -0.05) is 30.5 Å². The Morgan fingerprint density at radius 3 is 2.75 bits per heavy atom. The summed E-state index contributed by atoms with van der Waals surface area (Å²) in [6.45, 7) is 2.01. The first-order chi connectivity index (χ1) is 19.3. The fourth-order valence-electron chi connectivity index (χ4n) is 7.35. The molecule has 40 heavy (non-hydrogen) atoms. The molecule has 8 nitrogen and oxygen atoms in total. The molecule has 3 N–H and O–H groups in total. The number of amides is 1. The van der Waals surface area contributed by atoms with E-state index in [1.165, 1.54) is 11.1 Å². The third-order valence-electron chi connectivity index (χ3n) is 9.59. The molecule has 2 aliphatic heterocycles. The molecule has 0 saturated heterocycles. The number of carbonyl (C=O) groups excluding carboxylic acids is 1. The van der Waals surface area contributed by atoms with Crippen LogP contribution in [0.25, 0.3) is 0 Å². The van der Waals surface area contributed by atoms with E-state index < -0.39 is 15.9 Å². The minimum absolute atomic E-state index is 0.0245. The molecule has 10 heteroatoms. The molecule has 0 radical (unpaired) electrons. The maximum Gasteiger partial charge on any atom is 0.264 e. The monoisotopic (exact) mass is 587 g/mol. The highest BCUT2D eigenvalue weighted by atomic mass is 35.5. The van der Waals surface area contributed by atoms with Crippen LogP contribution in [-0.4, -0.2) is 51.0 Å². The van der Waals surface area contributed by atoms with Crippen LogP contribution in [0.4, 0.5) is 5.69 Å². The van der Waals surface area contributed by atoms with E-state index in [2.05, 4.69) is 27.2 Å². The van der Waals surface area contributed by atoms with Gasteiger partial charge in [0.2, 0.25) is 10.0 Å². The number of halogens is 1. The lowest BCUT2D eigenvalue weighted by Crippen LogP contribution is -2.51. The van der Waals surface area contributed by atoms with Crippen molar-refractivity contribution < 1.29 is 23.2 Å². The molecule has 2 aromatic carbocycles. The summed E-state index contributed by atoms with van der Waals surface area (Å²) in [7, 11) is -3.76. The maximum atomic E-state index is 13.1. The molecule has 2 aromatic rings. The van der Waals surface area contributed by atoms with E-state index in [1.54, 1.807) is 18.2 Å². The number of carbonyl (C=O) groups is 1. The van der Waals surface area contributed by atoms with Gasteiger partial charge in [0.05, 0.1) is 18.0 Å². The van der Waals surface area contributed by atoms with Gasteiger partial charge in [-0.2, -0.15) is 0 Å². The van der Waals surface area contributed by atoms with E-state index >= 15 is 0 Å². The number of aryl methyl sites for hydroxylation is 1. The number of hydroxylamine groups is 1. The van der Waals surface area contributed by atoms with Crippen molar-refractivity contribution in [3.63, 3.8) is 0 Å². The average molecular weight is 588 g/mol. The van der Waals surface area contributed by atoms with E-state index in [0.29, 0.717) is 36.2 Å². The van der Waals surface area contributed by atoms with Crippen LogP contribution in [0.3, 0.4) is 0 Å². The Bertz CT molecular complexity index is 1390. The number of rotatable bonds is 1. The summed E-state index contributed by atoms with van der Waals surface area (Å²) in [6.07, 6.45) is 7.91. The van der Waals surface area contributed by atoms with Crippen LogP contribution in [0.15, 0.2) is 36.4 Å². The normalized spacial score (nSPS) is 30.2. The van der Waals surface area contributed by atoms with Crippen LogP contribution in [0.5, 0.6) is 5.75 Å². The molecule has 0 aromatic heterocycles. The predicted molar refractivity (Wildman–Crippen MR) is 155 cm³/mol. The zero-order valence-corrected chi connectivity index (χ0v) is 24.3. The largest absolute Gasteiger partial charge is 0.490 e. The smallest absolute Gasteiger partial charge is 0.264 e. The number of benzene rings is 2. The van der Waals surface area contributed by atoms with Crippen LogP contribution >= 0.6 is 11.6 Å². The minimum Gasteiger partial charge on any atom is -0.490 e. The van der Waals surface area contributed by atoms with Gasteiger partial charge in [-0.05, 0) is 98.2 Å². The maximum absolute atomic E-state index is 13.1. The second kappa shape index (κ2) is 11.2. The molecule has 2 aliphatic carbocycles. The lowest BCUT2D eigenvalue weighted by molar-refractivity contribution is 0.0315. The second-order valence-corrected chi connectivity index (χ2v) is 14.4. The van der Waals surface area contributed by atoms with Crippen LogP contribution in [0.2, 0.25) is 5.02 Å². The van der Waals surface area contributed by atoms with Gasteiger partial charge in [0.1, 0.15) is 5.75 Å². The molecule has 6 rings (SSSR count). The van der Waals surface area contributed by atoms with E-state index in [4.69, 9.17) is 16.3 Å². The van der Waals surface area contributed by atoms with Gasteiger partial charge in [-0.25, -0.2) is 18.6 Å². The zero-order chi connectivity index (χ0) is 27.9. The SMILES string of the molecule is O=C1NS(=O)(=O)CCCCC[C@H](NO)[C@@H]2CC[C@H]2CN2C[C@@]3(CCCc4cc(Cl)ccc43)COc3ccc1cc32. The lowest BCUT2D eigenvalue weighted by atomic mass is 9.67. The molecule has 1 fully saturated rings. The van der Waals surface area contributed by atoms with E-state index in [0.717, 1.165) is 75.2 Å². The molecule has 216 valence electrons. The van der Waals surface area contributed by atoms with E-state index in [-0.39, 0.29) is 17.2 Å². The predicted octanol–water partition coefficient (Wildman–Crippen LogP) is 4.82. The van der Waals surface area contributed by atoms with Gasteiger partial charge in [0, 0.05) is 35.1 Å². The number of hydrogen-bond acceptors (Lipinski definition) is 7. The third-order valence-corrected chi connectivity index (χ3v) is 11.1. The Hall–Kier alpha value is -2.33. The Labute approximate surface area is 241 Å². The number of sulfonamides is 1. The summed E-state index contributed by atoms with van der Waals surface area (Å²) in [5, 5.41) is 10.8. The molecule has 4 atom stereocenters. The Kier molecular flexibility index (Phi) is 7.76. The standard InChI is InChI=1S/C30H38ClN3O5S/c31-23-9-11-25-20(15-23)5-4-13-30(25)18-34-17-22-7-10-24(22)26(32-36)6-2-1-3-14-40(37,38)33-29(35)21-8-12-28(39-19-30)27(34)16-21/h8-9,11-12,15-16,22,24,26,32,36H,1-7,10,13-14,17-19H2,(H,33,35)/t22-,24+,26-,30-/m0/s1. The summed E-state index contributed by atoms with van der Waals surface area (Å²) < 4.78 is 34.1. The number of fused-ring (bicyclic) bond motifs is 4. The first kappa shape index (κ1) is 27.8. The zero-order valence-electron chi connectivity index (χ0n) is 22.7. The third kappa shape index (κ3) is 5.45. The van der Waals surface area contributed by atoms with Crippen molar-refractivity contribution in [2.75, 3.05) is 30.3 Å². The Morgan fingerprint density at radius 2 is 1.95 bits per heavy atom. The van der Waals surface area contributed by atoms with Crippen molar-refractivity contribution in [2.24, 2.45) is 11.8 Å². The van der Waals surface area contributed by atoms with E-state index in [9.17, 15) is 18.4 Å². The van der Waals surface area contributed by atoms with Crippen LogP contribution < -0.4 is 19.8 Å². The minimum atomic E-state index is -3.76. The summed E-state index contributed by atoms with van der Waals surface area (Å²) in [5.74, 6) is 0.693. The topological polar surface area (TPSA) is 108 Å². The van der Waals surface area contributed by atoms with Gasteiger partial charge < -0.3 is 14.8 Å². The highest BCUT2D eigenvalue weighted by Crippen LogP contribution is 2.47. The number of nitrogens with one attached hydrogen (secondary N) is 2. The molecule has 1 saturated carbocycles. The van der Waals surface area contributed by atoms with Gasteiger partial charge in [-0.15, -0.1) is 0 Å². The molecular weight excluding hydrogens is 550 g/mol. The van der Waals surface area contributed by atoms with Crippen molar-refractivity contribution in [1.29, 1.82) is 0 Å². The van der Waals surface area contributed by atoms with Crippen LogP contribution in [0, 0.1) is 11.8 Å². The molecule has 1 spiro atoms. The van der Waals surface area contributed by atoms with Crippen molar-refractivity contribution in [3.05, 3.63) is 58.1 Å². The second-order valence-electron chi connectivity index (χ2n) is 12.1. The van der Waals surface area contributed by atoms with Gasteiger partial charge in [-0.3, -0.25) is 4.79 Å². The summed E-state index contributed by atoms with van der Waals surface area (Å²) in [6, 6.07) is 11.4. The fourth-order valence-corrected chi connectivity index (χ4v) is 8.63. The van der Waals surface area contributed by atoms with Crippen molar-refractivity contribution in [3.8, 4) is 5.75 Å². The quantitative estimate of drug-likeness (QED) is 0.411. The first-order valence-electron chi connectivity index (χ1n) is 14.5. The van der Waals surface area contributed by atoms with Crippen molar-refractivity contribution >= 4 is 33.2 Å².